The van der Waals surface area contributed by atoms with Gasteiger partial charge in [-0.25, -0.2) is 0 Å². The molecule has 20 heavy (non-hydrogen) atoms. The molecular formula is C13H18N2O4S. The van der Waals surface area contributed by atoms with Crippen LogP contribution >= 0.6 is 11.8 Å². The molecule has 0 aliphatic carbocycles. The molecule has 6 nitrogen and oxygen atoms in total. The molecule has 2 unspecified atom stereocenters. The minimum Gasteiger partial charge on any atom is -0.395 e. The van der Waals surface area contributed by atoms with Gasteiger partial charge in [0.2, 0.25) is 5.91 Å². The number of carbonyl (C=O) groups is 1. The number of amides is 1. The number of hydrogen-bond donors (Lipinski definition) is 2. The molecule has 0 spiro atoms. The molecule has 0 heterocycles. The van der Waals surface area contributed by atoms with Crippen LogP contribution in [0.2, 0.25) is 0 Å². The second-order valence-electron chi connectivity index (χ2n) is 4.41. The van der Waals surface area contributed by atoms with Gasteiger partial charge in [-0.3, -0.25) is 14.9 Å². The maximum atomic E-state index is 11.8. The molecule has 0 saturated carbocycles. The Morgan fingerprint density at radius 3 is 2.50 bits per heavy atom. The maximum absolute atomic E-state index is 11.8. The van der Waals surface area contributed by atoms with Gasteiger partial charge in [-0.1, -0.05) is 12.1 Å². The quantitative estimate of drug-likeness (QED) is 0.586. The van der Waals surface area contributed by atoms with Crippen LogP contribution < -0.4 is 5.32 Å². The van der Waals surface area contributed by atoms with Gasteiger partial charge < -0.3 is 10.4 Å². The Labute approximate surface area is 121 Å². The molecule has 0 bridgehead atoms. The van der Waals surface area contributed by atoms with E-state index in [0.717, 1.165) is 0 Å². The largest absolute Gasteiger partial charge is 0.395 e. The number of nitrogens with zero attached hydrogens (tertiary/aromatic N) is 1. The van der Waals surface area contributed by atoms with Crippen molar-refractivity contribution in [2.24, 2.45) is 0 Å². The Morgan fingerprint density at radius 2 is 2.05 bits per heavy atom. The highest BCUT2D eigenvalue weighted by Crippen LogP contribution is 2.13. The standard InChI is InChI=1S/C13H18N2O4S/c1-9(12(8-16)20-2)14-13(17)7-10-3-5-11(6-4-10)15(18)19/h3-6,9,12,16H,7-8H2,1-2H3,(H,14,17). The number of hydrogen-bond acceptors (Lipinski definition) is 5. The summed E-state index contributed by atoms with van der Waals surface area (Å²) in [6, 6.07) is 5.76. The third-order valence-electron chi connectivity index (χ3n) is 2.94. The van der Waals surface area contributed by atoms with Crippen LogP contribution in [0.5, 0.6) is 0 Å². The highest BCUT2D eigenvalue weighted by molar-refractivity contribution is 7.99. The Bertz CT molecular complexity index is 460. The van der Waals surface area contributed by atoms with Crippen molar-refractivity contribution in [3.8, 4) is 0 Å². The van der Waals surface area contributed by atoms with Crippen molar-refractivity contribution < 1.29 is 14.8 Å². The van der Waals surface area contributed by atoms with Crippen LogP contribution in [0.3, 0.4) is 0 Å². The summed E-state index contributed by atoms with van der Waals surface area (Å²) in [7, 11) is 0. The fourth-order valence-electron chi connectivity index (χ4n) is 1.76. The van der Waals surface area contributed by atoms with E-state index in [4.69, 9.17) is 5.11 Å². The van der Waals surface area contributed by atoms with Crippen LogP contribution in [0.1, 0.15) is 12.5 Å². The van der Waals surface area contributed by atoms with Gasteiger partial charge in [-0.2, -0.15) is 11.8 Å². The molecule has 110 valence electrons. The van der Waals surface area contributed by atoms with E-state index in [9.17, 15) is 14.9 Å². The highest BCUT2D eigenvalue weighted by atomic mass is 32.2. The molecule has 0 aliphatic heterocycles. The predicted molar refractivity (Wildman–Crippen MR) is 78.8 cm³/mol. The first-order chi connectivity index (χ1) is 9.47. The van der Waals surface area contributed by atoms with Crippen molar-refractivity contribution in [2.75, 3.05) is 12.9 Å². The van der Waals surface area contributed by atoms with Gasteiger partial charge in [-0.05, 0) is 18.7 Å². The smallest absolute Gasteiger partial charge is 0.269 e. The Hall–Kier alpha value is -1.60. The summed E-state index contributed by atoms with van der Waals surface area (Å²) in [5.74, 6) is -0.168. The minimum atomic E-state index is -0.476. The molecule has 1 aromatic carbocycles. The summed E-state index contributed by atoms with van der Waals surface area (Å²) in [6.45, 7) is 1.84. The van der Waals surface area contributed by atoms with Crippen LogP contribution in [0, 0.1) is 10.1 Å². The molecule has 1 amide bonds. The number of carbonyl (C=O) groups excluding carboxylic acids is 1. The second kappa shape index (κ2) is 7.86. The molecule has 1 aromatic rings. The topological polar surface area (TPSA) is 92.5 Å². The van der Waals surface area contributed by atoms with Crippen LogP contribution in [-0.4, -0.2) is 40.1 Å². The van der Waals surface area contributed by atoms with Crippen molar-refractivity contribution in [1.82, 2.24) is 5.32 Å². The van der Waals surface area contributed by atoms with Crippen molar-refractivity contribution in [2.45, 2.75) is 24.6 Å². The first-order valence-corrected chi connectivity index (χ1v) is 7.43. The SMILES string of the molecule is CSC(CO)C(C)NC(=O)Cc1ccc([N+](=O)[O-])cc1. The lowest BCUT2D eigenvalue weighted by Crippen LogP contribution is -2.41. The minimum absolute atomic E-state index is 0.000144. The molecular weight excluding hydrogens is 280 g/mol. The summed E-state index contributed by atoms with van der Waals surface area (Å²) in [5, 5.41) is 22.4. The predicted octanol–water partition coefficient (Wildman–Crippen LogP) is 1.37. The van der Waals surface area contributed by atoms with Gasteiger partial charge in [0.1, 0.15) is 0 Å². The van der Waals surface area contributed by atoms with E-state index in [1.807, 2.05) is 13.2 Å². The number of non-ortho nitro benzene ring substituents is 1. The molecule has 0 fully saturated rings. The molecule has 1 rings (SSSR count). The van der Waals surface area contributed by atoms with Crippen molar-refractivity contribution in [1.29, 1.82) is 0 Å². The third-order valence-corrected chi connectivity index (χ3v) is 4.10. The molecule has 2 N–H and O–H groups in total. The number of rotatable bonds is 7. The average molecular weight is 298 g/mol. The van der Waals surface area contributed by atoms with E-state index in [-0.39, 0.29) is 35.9 Å². The number of benzene rings is 1. The number of nitro groups is 1. The fourth-order valence-corrected chi connectivity index (χ4v) is 2.38. The first kappa shape index (κ1) is 16.5. The van der Waals surface area contributed by atoms with Crippen molar-refractivity contribution >= 4 is 23.4 Å². The van der Waals surface area contributed by atoms with Crippen molar-refractivity contribution in [3.05, 3.63) is 39.9 Å². The first-order valence-electron chi connectivity index (χ1n) is 6.14. The normalized spacial score (nSPS) is 13.6. The molecule has 0 saturated heterocycles. The summed E-state index contributed by atoms with van der Waals surface area (Å²) >= 11 is 1.49. The molecule has 2 atom stereocenters. The fraction of sp³-hybridized carbons (Fsp3) is 0.462. The Balaban J connectivity index is 2.55. The zero-order chi connectivity index (χ0) is 15.1. The summed E-state index contributed by atoms with van der Waals surface area (Å²) in [6.07, 6.45) is 2.04. The summed E-state index contributed by atoms with van der Waals surface area (Å²) in [4.78, 5) is 21.9. The molecule has 0 radical (unpaired) electrons. The van der Waals surface area contributed by atoms with E-state index >= 15 is 0 Å². The van der Waals surface area contributed by atoms with E-state index in [1.54, 1.807) is 12.1 Å². The molecule has 7 heteroatoms. The summed E-state index contributed by atoms with van der Waals surface area (Å²) < 4.78 is 0. The van der Waals surface area contributed by atoms with E-state index in [2.05, 4.69) is 5.32 Å². The highest BCUT2D eigenvalue weighted by Gasteiger charge is 2.17. The van der Waals surface area contributed by atoms with Gasteiger partial charge >= 0.3 is 0 Å². The van der Waals surface area contributed by atoms with Gasteiger partial charge in [0.05, 0.1) is 18.0 Å². The van der Waals surface area contributed by atoms with Gasteiger partial charge in [0.25, 0.3) is 5.69 Å². The monoisotopic (exact) mass is 298 g/mol. The van der Waals surface area contributed by atoms with Crippen molar-refractivity contribution in [3.63, 3.8) is 0 Å². The zero-order valence-electron chi connectivity index (χ0n) is 11.4. The third kappa shape index (κ3) is 4.82. The number of nitro benzene ring substituents is 1. The Morgan fingerprint density at radius 1 is 1.45 bits per heavy atom. The van der Waals surface area contributed by atoms with Crippen LogP contribution in [0.25, 0.3) is 0 Å². The maximum Gasteiger partial charge on any atom is 0.269 e. The van der Waals surface area contributed by atoms with E-state index in [0.29, 0.717) is 5.56 Å². The van der Waals surface area contributed by atoms with Gasteiger partial charge in [0.15, 0.2) is 0 Å². The summed E-state index contributed by atoms with van der Waals surface area (Å²) in [5.41, 5.74) is 0.718. The number of aliphatic hydroxyl groups excluding tert-OH is 1. The van der Waals surface area contributed by atoms with E-state index < -0.39 is 4.92 Å². The number of nitrogens with one attached hydrogen (secondary N) is 1. The van der Waals surface area contributed by atoms with Gasteiger partial charge in [0, 0.05) is 23.4 Å². The Kier molecular flexibility index (Phi) is 6.47. The number of aliphatic hydroxyl groups is 1. The molecule has 0 aromatic heterocycles. The van der Waals surface area contributed by atoms with Crippen LogP contribution in [-0.2, 0) is 11.2 Å². The average Bonchev–Trinajstić information content (AvgIpc) is 2.40. The van der Waals surface area contributed by atoms with Crippen LogP contribution in [0.4, 0.5) is 5.69 Å². The zero-order valence-corrected chi connectivity index (χ0v) is 12.2. The van der Waals surface area contributed by atoms with Gasteiger partial charge in [-0.15, -0.1) is 0 Å². The van der Waals surface area contributed by atoms with Crippen LogP contribution in [0.15, 0.2) is 24.3 Å². The van der Waals surface area contributed by atoms with E-state index in [1.165, 1.54) is 23.9 Å². The lowest BCUT2D eigenvalue weighted by atomic mass is 10.1. The number of thioether (sulfide) groups is 1. The molecule has 0 aliphatic rings. The lowest BCUT2D eigenvalue weighted by molar-refractivity contribution is -0.384. The lowest BCUT2D eigenvalue weighted by Gasteiger charge is -2.21. The second-order valence-corrected chi connectivity index (χ2v) is 5.49.